The summed E-state index contributed by atoms with van der Waals surface area (Å²) in [5.41, 5.74) is -0.926. The van der Waals surface area contributed by atoms with E-state index in [9.17, 15) is 4.79 Å². The molecule has 86 valence electrons. The van der Waals surface area contributed by atoms with Gasteiger partial charge in [0.1, 0.15) is 5.41 Å². The molecule has 0 aliphatic rings. The molecule has 1 aromatic rings. The van der Waals surface area contributed by atoms with Gasteiger partial charge in [0.25, 0.3) is 0 Å². The van der Waals surface area contributed by atoms with E-state index in [1.165, 1.54) is 0 Å². The highest BCUT2D eigenvalue weighted by atomic mass is 16.2. The van der Waals surface area contributed by atoms with Gasteiger partial charge in [-0.1, -0.05) is 6.92 Å². The smallest absolute Gasteiger partial charge is 0.240 e. The lowest BCUT2D eigenvalue weighted by Gasteiger charge is -2.18. The highest BCUT2D eigenvalue weighted by molar-refractivity contribution is 5.84. The van der Waals surface area contributed by atoms with E-state index in [0.717, 1.165) is 0 Å². The minimum absolute atomic E-state index is 0.218. The van der Waals surface area contributed by atoms with Crippen molar-refractivity contribution in [3.05, 3.63) is 18.5 Å². The van der Waals surface area contributed by atoms with Crippen molar-refractivity contribution < 1.29 is 4.79 Å². The predicted molar refractivity (Wildman–Crippen MR) is 59.2 cm³/mol. The van der Waals surface area contributed by atoms with Gasteiger partial charge in [-0.2, -0.15) is 10.4 Å². The third-order valence-electron chi connectivity index (χ3n) is 2.64. The second-order valence-corrected chi connectivity index (χ2v) is 3.82. The molecular weight excluding hydrogens is 204 g/mol. The van der Waals surface area contributed by atoms with E-state index >= 15 is 0 Å². The number of nitrogens with one attached hydrogen (secondary N) is 1. The molecule has 5 nitrogen and oxygen atoms in total. The second kappa shape index (κ2) is 5.31. The van der Waals surface area contributed by atoms with Crippen LogP contribution in [0.15, 0.2) is 18.5 Å². The summed E-state index contributed by atoms with van der Waals surface area (Å²) in [4.78, 5) is 11.7. The SMILES string of the molecule is CCC(C)(C#N)C(=O)NCCn1cccn1. The van der Waals surface area contributed by atoms with Crippen molar-refractivity contribution in [2.75, 3.05) is 6.54 Å². The fraction of sp³-hybridized carbons (Fsp3) is 0.545. The average molecular weight is 220 g/mol. The first-order valence-corrected chi connectivity index (χ1v) is 5.29. The van der Waals surface area contributed by atoms with Gasteiger partial charge in [-0.05, 0) is 19.4 Å². The molecule has 1 N–H and O–H groups in total. The molecule has 1 heterocycles. The zero-order valence-electron chi connectivity index (χ0n) is 9.60. The summed E-state index contributed by atoms with van der Waals surface area (Å²) in [5, 5.41) is 15.7. The molecule has 1 amide bonds. The molecule has 1 aromatic heterocycles. The van der Waals surface area contributed by atoms with Crippen molar-refractivity contribution in [2.24, 2.45) is 5.41 Å². The molecule has 1 atom stereocenters. The summed E-state index contributed by atoms with van der Waals surface area (Å²) >= 11 is 0. The third kappa shape index (κ3) is 2.83. The van der Waals surface area contributed by atoms with Gasteiger partial charge in [0.15, 0.2) is 0 Å². The normalized spacial score (nSPS) is 13.8. The first kappa shape index (κ1) is 12.2. The lowest BCUT2D eigenvalue weighted by molar-refractivity contribution is -0.127. The lowest BCUT2D eigenvalue weighted by Crippen LogP contribution is -2.39. The van der Waals surface area contributed by atoms with Gasteiger partial charge in [-0.15, -0.1) is 0 Å². The Hall–Kier alpha value is -1.83. The van der Waals surface area contributed by atoms with Gasteiger partial charge in [-0.3, -0.25) is 9.48 Å². The summed E-state index contributed by atoms with van der Waals surface area (Å²) in [5.74, 6) is -0.218. The number of nitrogens with zero attached hydrogens (tertiary/aromatic N) is 3. The summed E-state index contributed by atoms with van der Waals surface area (Å²) in [6, 6.07) is 3.86. The fourth-order valence-electron chi connectivity index (χ4n) is 1.20. The van der Waals surface area contributed by atoms with Gasteiger partial charge >= 0.3 is 0 Å². The van der Waals surface area contributed by atoms with Crippen LogP contribution in [0.2, 0.25) is 0 Å². The molecule has 1 unspecified atom stereocenters. The molecule has 0 aliphatic carbocycles. The number of hydrogen-bond donors (Lipinski definition) is 1. The average Bonchev–Trinajstić information content (AvgIpc) is 2.80. The highest BCUT2D eigenvalue weighted by Crippen LogP contribution is 2.19. The Balaban J connectivity index is 2.39. The molecule has 5 heteroatoms. The van der Waals surface area contributed by atoms with Crippen LogP contribution in [0.4, 0.5) is 0 Å². The van der Waals surface area contributed by atoms with Gasteiger partial charge in [-0.25, -0.2) is 0 Å². The van der Waals surface area contributed by atoms with Crippen LogP contribution in [0, 0.1) is 16.7 Å². The van der Waals surface area contributed by atoms with Gasteiger partial charge < -0.3 is 5.32 Å². The monoisotopic (exact) mass is 220 g/mol. The van der Waals surface area contributed by atoms with E-state index in [2.05, 4.69) is 10.4 Å². The summed E-state index contributed by atoms with van der Waals surface area (Å²) in [7, 11) is 0. The summed E-state index contributed by atoms with van der Waals surface area (Å²) in [6.07, 6.45) is 4.03. The number of nitriles is 1. The maximum absolute atomic E-state index is 11.7. The summed E-state index contributed by atoms with van der Waals surface area (Å²) in [6.45, 7) is 4.58. The molecule has 0 saturated heterocycles. The molecule has 0 aliphatic heterocycles. The van der Waals surface area contributed by atoms with Gasteiger partial charge in [0, 0.05) is 18.9 Å². The van der Waals surface area contributed by atoms with Crippen LogP contribution >= 0.6 is 0 Å². The van der Waals surface area contributed by atoms with Gasteiger partial charge in [0.2, 0.25) is 5.91 Å². The molecule has 0 bridgehead atoms. The van der Waals surface area contributed by atoms with E-state index in [4.69, 9.17) is 5.26 Å². The third-order valence-corrected chi connectivity index (χ3v) is 2.64. The highest BCUT2D eigenvalue weighted by Gasteiger charge is 2.30. The number of hydrogen-bond acceptors (Lipinski definition) is 3. The number of rotatable bonds is 5. The molecule has 1 rings (SSSR count). The van der Waals surface area contributed by atoms with Crippen LogP contribution in [0.3, 0.4) is 0 Å². The molecule has 0 aromatic carbocycles. The molecule has 16 heavy (non-hydrogen) atoms. The predicted octanol–water partition coefficient (Wildman–Crippen LogP) is 0.939. The maximum atomic E-state index is 11.7. The van der Waals surface area contributed by atoms with Crippen LogP contribution in [0.5, 0.6) is 0 Å². The fourth-order valence-corrected chi connectivity index (χ4v) is 1.20. The van der Waals surface area contributed by atoms with Crippen molar-refractivity contribution >= 4 is 5.91 Å². The Kier molecular flexibility index (Phi) is 4.06. The Morgan fingerprint density at radius 3 is 2.94 bits per heavy atom. The van der Waals surface area contributed by atoms with E-state index in [1.54, 1.807) is 17.8 Å². The van der Waals surface area contributed by atoms with Crippen molar-refractivity contribution in [2.45, 2.75) is 26.8 Å². The maximum Gasteiger partial charge on any atom is 0.240 e. The molecule has 0 spiro atoms. The van der Waals surface area contributed by atoms with E-state index in [1.807, 2.05) is 25.3 Å². The zero-order chi connectivity index (χ0) is 12.0. The minimum Gasteiger partial charge on any atom is -0.353 e. The van der Waals surface area contributed by atoms with Crippen molar-refractivity contribution in [3.63, 3.8) is 0 Å². The molecule has 0 saturated carbocycles. The molecular formula is C11H16N4O. The number of aromatic nitrogens is 2. The summed E-state index contributed by atoms with van der Waals surface area (Å²) < 4.78 is 1.73. The first-order valence-electron chi connectivity index (χ1n) is 5.29. The zero-order valence-corrected chi connectivity index (χ0v) is 9.60. The second-order valence-electron chi connectivity index (χ2n) is 3.82. The van der Waals surface area contributed by atoms with Crippen LogP contribution in [0.1, 0.15) is 20.3 Å². The Morgan fingerprint density at radius 2 is 2.44 bits per heavy atom. The largest absolute Gasteiger partial charge is 0.353 e. The number of amides is 1. The first-order chi connectivity index (χ1) is 7.62. The lowest BCUT2D eigenvalue weighted by atomic mass is 9.88. The van der Waals surface area contributed by atoms with E-state index < -0.39 is 5.41 Å². The topological polar surface area (TPSA) is 70.7 Å². The number of carbonyl (C=O) groups is 1. The van der Waals surface area contributed by atoms with Gasteiger partial charge in [0.05, 0.1) is 12.6 Å². The van der Waals surface area contributed by atoms with Crippen molar-refractivity contribution in [3.8, 4) is 6.07 Å². The van der Waals surface area contributed by atoms with Crippen LogP contribution in [-0.4, -0.2) is 22.2 Å². The molecule has 0 fully saturated rings. The minimum atomic E-state index is -0.926. The molecule has 0 radical (unpaired) electrons. The Bertz CT molecular complexity index is 379. The van der Waals surface area contributed by atoms with Crippen LogP contribution in [0.25, 0.3) is 0 Å². The van der Waals surface area contributed by atoms with Crippen molar-refractivity contribution in [1.82, 2.24) is 15.1 Å². The standard InChI is InChI=1S/C11H16N4O/c1-3-11(2,9-12)10(16)13-6-8-15-7-4-5-14-15/h4-5,7H,3,6,8H2,1-2H3,(H,13,16). The van der Waals surface area contributed by atoms with E-state index in [-0.39, 0.29) is 5.91 Å². The van der Waals surface area contributed by atoms with E-state index in [0.29, 0.717) is 19.5 Å². The van der Waals surface area contributed by atoms with Crippen LogP contribution in [-0.2, 0) is 11.3 Å². The Labute approximate surface area is 95.1 Å². The quantitative estimate of drug-likeness (QED) is 0.802. The number of carbonyl (C=O) groups excluding carboxylic acids is 1. The Morgan fingerprint density at radius 1 is 1.69 bits per heavy atom. The van der Waals surface area contributed by atoms with Crippen LogP contribution < -0.4 is 5.32 Å². The van der Waals surface area contributed by atoms with Crippen molar-refractivity contribution in [1.29, 1.82) is 5.26 Å².